The van der Waals surface area contributed by atoms with E-state index in [1.54, 1.807) is 0 Å². The highest BCUT2D eigenvalue weighted by molar-refractivity contribution is 9.10. The van der Waals surface area contributed by atoms with Crippen molar-refractivity contribution in [2.24, 2.45) is 0 Å². The molecule has 0 atom stereocenters. The lowest BCUT2D eigenvalue weighted by Crippen LogP contribution is -2.23. The second kappa shape index (κ2) is 3.24. The van der Waals surface area contributed by atoms with Crippen LogP contribution in [0.2, 0.25) is 0 Å². The zero-order valence-electron chi connectivity index (χ0n) is 7.35. The fraction of sp³-hybridized carbons (Fsp3) is 0.333. The maximum atomic E-state index is 4.45. The Labute approximate surface area is 94.0 Å². The van der Waals surface area contributed by atoms with Crippen molar-refractivity contribution in [1.82, 2.24) is 14.8 Å². The maximum Gasteiger partial charge on any atom is 0.159 e. The summed E-state index contributed by atoms with van der Waals surface area (Å²) in [6, 6.07) is 4.53. The lowest BCUT2D eigenvalue weighted by atomic mass is 10.3. The van der Waals surface area contributed by atoms with Crippen LogP contribution in [0.25, 0.3) is 11.0 Å². The number of thioether (sulfide) groups is 1. The Bertz CT molecular complexity index is 478. The first-order valence-corrected chi connectivity index (χ1v) is 6.37. The minimum atomic E-state index is 0.541. The van der Waals surface area contributed by atoms with E-state index >= 15 is 0 Å². The van der Waals surface area contributed by atoms with Gasteiger partial charge in [-0.05, 0) is 28.1 Å². The lowest BCUT2D eigenvalue weighted by molar-refractivity contribution is 0.540. The second-order valence-corrected chi connectivity index (χ2v) is 5.21. The maximum absolute atomic E-state index is 4.45. The average molecular weight is 270 g/mol. The summed E-state index contributed by atoms with van der Waals surface area (Å²) >= 11 is 5.34. The number of hydrogen-bond acceptors (Lipinski definition) is 3. The summed E-state index contributed by atoms with van der Waals surface area (Å²) in [4.78, 5) is 4.45. The zero-order chi connectivity index (χ0) is 9.54. The molecule has 2 aromatic rings. The van der Waals surface area contributed by atoms with E-state index in [9.17, 15) is 0 Å². The van der Waals surface area contributed by atoms with E-state index < -0.39 is 0 Å². The third-order valence-corrected chi connectivity index (χ3v) is 4.06. The smallest absolute Gasteiger partial charge is 0.159 e. The third-order valence-electron chi connectivity index (χ3n) is 2.38. The van der Waals surface area contributed by atoms with Gasteiger partial charge in [-0.15, -0.1) is 0 Å². The Morgan fingerprint density at radius 2 is 2.29 bits per heavy atom. The molecule has 0 spiro atoms. The number of fused-ring (bicyclic) bond motifs is 1. The van der Waals surface area contributed by atoms with Crippen LogP contribution in [0.5, 0.6) is 0 Å². The topological polar surface area (TPSA) is 30.7 Å². The Hall–Kier alpha value is -0.550. The summed E-state index contributed by atoms with van der Waals surface area (Å²) in [5.41, 5.74) is 0.990. The summed E-state index contributed by atoms with van der Waals surface area (Å²) in [6.45, 7) is 0. The first kappa shape index (κ1) is 8.73. The van der Waals surface area contributed by atoms with Gasteiger partial charge in [0.25, 0.3) is 0 Å². The fourth-order valence-electron chi connectivity index (χ4n) is 1.53. The van der Waals surface area contributed by atoms with Crippen molar-refractivity contribution in [1.29, 1.82) is 0 Å². The molecule has 0 radical (unpaired) electrons. The molecule has 3 heterocycles. The Morgan fingerprint density at radius 1 is 1.43 bits per heavy atom. The minimum Gasteiger partial charge on any atom is -0.242 e. The molecule has 0 unspecified atom stereocenters. The van der Waals surface area contributed by atoms with Crippen molar-refractivity contribution >= 4 is 38.7 Å². The quantitative estimate of drug-likeness (QED) is 0.746. The average Bonchev–Trinajstić information content (AvgIpc) is 2.46. The molecule has 1 aliphatic heterocycles. The molecule has 0 aromatic carbocycles. The van der Waals surface area contributed by atoms with Crippen molar-refractivity contribution in [3.05, 3.63) is 22.9 Å². The monoisotopic (exact) mass is 269 g/mol. The van der Waals surface area contributed by atoms with Gasteiger partial charge in [0.15, 0.2) is 5.65 Å². The molecule has 1 fully saturated rings. The van der Waals surface area contributed by atoms with Gasteiger partial charge in [0.05, 0.1) is 12.2 Å². The van der Waals surface area contributed by atoms with E-state index in [0.29, 0.717) is 6.04 Å². The van der Waals surface area contributed by atoms with Crippen LogP contribution in [0, 0.1) is 0 Å². The molecule has 0 aliphatic carbocycles. The van der Waals surface area contributed by atoms with Crippen LogP contribution < -0.4 is 0 Å². The molecule has 3 rings (SSSR count). The van der Waals surface area contributed by atoms with Crippen LogP contribution in [0.1, 0.15) is 6.04 Å². The van der Waals surface area contributed by atoms with E-state index in [1.165, 1.54) is 0 Å². The van der Waals surface area contributed by atoms with E-state index in [-0.39, 0.29) is 0 Å². The van der Waals surface area contributed by atoms with Gasteiger partial charge in [-0.25, -0.2) is 9.67 Å². The molecule has 2 aromatic heterocycles. The Kier molecular flexibility index (Phi) is 2.02. The van der Waals surface area contributed by atoms with E-state index in [4.69, 9.17) is 0 Å². The van der Waals surface area contributed by atoms with Crippen LogP contribution in [-0.2, 0) is 0 Å². The van der Waals surface area contributed by atoms with E-state index in [0.717, 1.165) is 27.1 Å². The summed E-state index contributed by atoms with van der Waals surface area (Å²) in [7, 11) is 0. The molecular formula is C9H8BrN3S. The van der Waals surface area contributed by atoms with Gasteiger partial charge >= 0.3 is 0 Å². The Balaban J connectivity index is 2.18. The highest BCUT2D eigenvalue weighted by atomic mass is 79.9. The van der Waals surface area contributed by atoms with E-state index in [2.05, 4.69) is 26.0 Å². The molecule has 0 bridgehead atoms. The molecule has 5 heteroatoms. The molecule has 0 saturated carbocycles. The first-order valence-electron chi connectivity index (χ1n) is 4.42. The van der Waals surface area contributed by atoms with Gasteiger partial charge in [-0.1, -0.05) is 0 Å². The molecule has 0 amide bonds. The summed E-state index contributed by atoms with van der Waals surface area (Å²) in [6.07, 6.45) is 1.89. The van der Waals surface area contributed by atoms with Gasteiger partial charge in [-0.2, -0.15) is 16.9 Å². The highest BCUT2D eigenvalue weighted by Gasteiger charge is 2.22. The molecule has 3 nitrogen and oxygen atoms in total. The van der Waals surface area contributed by atoms with Crippen LogP contribution in [0.3, 0.4) is 0 Å². The van der Waals surface area contributed by atoms with Crippen molar-refractivity contribution < 1.29 is 0 Å². The van der Waals surface area contributed by atoms with Crippen molar-refractivity contribution in [3.8, 4) is 0 Å². The first-order chi connectivity index (χ1) is 6.84. The number of pyridine rings is 1. The predicted molar refractivity (Wildman–Crippen MR) is 61.6 cm³/mol. The largest absolute Gasteiger partial charge is 0.242 e. The van der Waals surface area contributed by atoms with Crippen molar-refractivity contribution in [2.75, 3.05) is 11.5 Å². The van der Waals surface area contributed by atoms with Crippen LogP contribution in [0.15, 0.2) is 22.9 Å². The third kappa shape index (κ3) is 1.26. The van der Waals surface area contributed by atoms with Crippen LogP contribution >= 0.6 is 27.7 Å². The van der Waals surface area contributed by atoms with Gasteiger partial charge < -0.3 is 0 Å². The SMILES string of the molecule is Brc1ccc2cnn(C3CSC3)c2n1. The molecule has 1 saturated heterocycles. The number of hydrogen-bond donors (Lipinski definition) is 0. The van der Waals surface area contributed by atoms with Gasteiger partial charge in [-0.3, -0.25) is 0 Å². The Morgan fingerprint density at radius 3 is 3.00 bits per heavy atom. The molecule has 1 aliphatic rings. The molecule has 0 N–H and O–H groups in total. The number of halogens is 1. The summed E-state index contributed by atoms with van der Waals surface area (Å²) in [5.74, 6) is 2.32. The number of nitrogens with zero attached hydrogens (tertiary/aromatic N) is 3. The lowest BCUT2D eigenvalue weighted by Gasteiger charge is -2.25. The highest BCUT2D eigenvalue weighted by Crippen LogP contribution is 2.31. The standard InChI is InChI=1S/C9H8BrN3S/c10-8-2-1-6-3-11-13(9(6)12-8)7-4-14-5-7/h1-3,7H,4-5H2. The van der Waals surface area contributed by atoms with Gasteiger partial charge in [0.2, 0.25) is 0 Å². The number of rotatable bonds is 1. The predicted octanol–water partition coefficient (Wildman–Crippen LogP) is 2.48. The second-order valence-electron chi connectivity index (χ2n) is 3.33. The molecule has 72 valence electrons. The summed E-state index contributed by atoms with van der Waals surface area (Å²) < 4.78 is 2.91. The van der Waals surface area contributed by atoms with Crippen LogP contribution in [-0.4, -0.2) is 26.3 Å². The summed E-state index contributed by atoms with van der Waals surface area (Å²) in [5, 5.41) is 5.49. The normalized spacial score (nSPS) is 17.2. The van der Waals surface area contributed by atoms with Crippen LogP contribution in [0.4, 0.5) is 0 Å². The van der Waals surface area contributed by atoms with Gasteiger partial charge in [0.1, 0.15) is 4.60 Å². The van der Waals surface area contributed by atoms with Gasteiger partial charge in [0, 0.05) is 16.9 Å². The molecular weight excluding hydrogens is 262 g/mol. The molecule has 14 heavy (non-hydrogen) atoms. The minimum absolute atomic E-state index is 0.541. The fourth-order valence-corrected chi connectivity index (χ4v) is 2.56. The van der Waals surface area contributed by atoms with E-state index in [1.807, 2.05) is 34.8 Å². The zero-order valence-corrected chi connectivity index (χ0v) is 9.75. The van der Waals surface area contributed by atoms with Crippen molar-refractivity contribution in [3.63, 3.8) is 0 Å². The van der Waals surface area contributed by atoms with Crippen molar-refractivity contribution in [2.45, 2.75) is 6.04 Å². The number of aromatic nitrogens is 3.